The van der Waals surface area contributed by atoms with Crippen molar-refractivity contribution in [3.63, 3.8) is 0 Å². The smallest absolute Gasteiger partial charge is 0.191 e. The predicted octanol–water partition coefficient (Wildman–Crippen LogP) is 31.0. The molecule has 0 saturated carbocycles. The van der Waals surface area contributed by atoms with Gasteiger partial charge in [0.1, 0.15) is 29.0 Å². The van der Waals surface area contributed by atoms with Crippen molar-refractivity contribution in [2.75, 3.05) is 23.9 Å². The van der Waals surface area contributed by atoms with Gasteiger partial charge in [-0.15, -0.1) is 32.9 Å². The lowest BCUT2D eigenvalue weighted by molar-refractivity contribution is 0.493. The monoisotopic (exact) mass is 1600 g/mol. The van der Waals surface area contributed by atoms with Crippen LogP contribution in [-0.4, -0.2) is 57.9 Å². The van der Waals surface area contributed by atoms with Crippen LogP contribution in [0.4, 0.5) is 22.7 Å². The van der Waals surface area contributed by atoms with Crippen LogP contribution in [0.1, 0.15) is 203 Å². The summed E-state index contributed by atoms with van der Waals surface area (Å²) in [6, 6.07) is 75.0. The third-order valence-corrected chi connectivity index (χ3v) is 17.7. The second-order valence-corrected chi connectivity index (χ2v) is 25.6. The summed E-state index contributed by atoms with van der Waals surface area (Å²) >= 11 is 3.54. The standard InChI is InChI=1S/C17H15N.C13H11N.C13H13N.C7H12N2.C6H9NO.C6H9NS.C5H9N3.C5H7N.C5H6O.C5H6S.9C2H6/c1-18(15-10-3-2-4-11-15)17-13-7-9-14-8-5-6-12-16(14)17;1-14-12-8-4-2-6-10(12)11-7-3-5-9-13(11)14;1-14(12-8-4-2-5-9-12)13-10-6-3-7-11-13;1-5-6(2)9(4)7(3)8-5;2*1-4-5(2)8-6(3)7-4;1-4-6-7-5(2)8(4)3;3*1-5-3-2-4-6-5;9*1-2/h2-13H,1H3;2-9H,1H3;2-11H,1H3;1-4H3;3*1-3H3;2-4,6H,1H3;2*2-4H,1H3;9*1-2H3. The molecule has 0 aliphatic heterocycles. The zero-order valence-electron chi connectivity index (χ0n) is 78.1. The molecule has 0 saturated heterocycles. The van der Waals surface area contributed by atoms with E-state index in [0.717, 1.165) is 46.3 Å². The van der Waals surface area contributed by atoms with Crippen LogP contribution in [0.5, 0.6) is 0 Å². The van der Waals surface area contributed by atoms with Gasteiger partial charge in [-0.25, -0.2) is 15.0 Å². The first-order valence-corrected chi connectivity index (χ1v) is 43.0. The number of furan rings is 1. The van der Waals surface area contributed by atoms with Gasteiger partial charge >= 0.3 is 0 Å². The Kier molecular flexibility index (Phi) is 66.8. The van der Waals surface area contributed by atoms with Gasteiger partial charge in [0.05, 0.1) is 28.4 Å². The Morgan fingerprint density at radius 1 is 0.365 bits per heavy atom. The molecule has 15 heteroatoms. The van der Waals surface area contributed by atoms with Gasteiger partial charge in [0.15, 0.2) is 5.89 Å². The molecule has 8 heterocycles. The molecule has 0 fully saturated rings. The van der Waals surface area contributed by atoms with Gasteiger partial charge in [0.2, 0.25) is 0 Å². The van der Waals surface area contributed by atoms with Gasteiger partial charge in [-0.1, -0.05) is 258 Å². The highest BCUT2D eigenvalue weighted by atomic mass is 32.1. The van der Waals surface area contributed by atoms with Gasteiger partial charge in [-0.3, -0.25) is 0 Å². The number of aromatic amines is 1. The summed E-state index contributed by atoms with van der Waals surface area (Å²) in [7, 11) is 10.3. The first kappa shape index (κ1) is 111. The number of rotatable bonds is 4. The summed E-state index contributed by atoms with van der Waals surface area (Å²) in [6.07, 6.45) is 3.57. The summed E-state index contributed by atoms with van der Waals surface area (Å²) in [5.74, 6) is 5.65. The van der Waals surface area contributed by atoms with Crippen molar-refractivity contribution in [3.8, 4) is 0 Å². The zero-order chi connectivity index (χ0) is 88.4. The van der Waals surface area contributed by atoms with Crippen LogP contribution in [0.25, 0.3) is 32.6 Å². The van der Waals surface area contributed by atoms with Crippen molar-refractivity contribution >= 4 is 78.0 Å². The number of thiazole rings is 1. The number of nitrogens with zero attached hydrogens (tertiary/aromatic N) is 10. The largest absolute Gasteiger partial charge is 0.470 e. The fraction of sp³-hybridized carbons (Fsp3) is 0.370. The van der Waals surface area contributed by atoms with Crippen LogP contribution in [-0.2, 0) is 21.1 Å². The highest BCUT2D eigenvalue weighted by Gasteiger charge is 2.09. The van der Waals surface area contributed by atoms with E-state index in [0.29, 0.717) is 0 Å². The Labute approximate surface area is 707 Å². The predicted molar refractivity (Wildman–Crippen MR) is 515 cm³/mol. The van der Waals surface area contributed by atoms with E-state index in [-0.39, 0.29) is 0 Å². The van der Waals surface area contributed by atoms with Gasteiger partial charge in [-0.05, 0) is 186 Å². The maximum Gasteiger partial charge on any atom is 0.191 e. The highest BCUT2D eigenvalue weighted by molar-refractivity contribution is 7.11. The van der Waals surface area contributed by atoms with E-state index in [1.165, 1.54) is 87.2 Å². The first-order chi connectivity index (χ1) is 55.5. The molecular formula is C100H151N11O2S2. The molecule has 630 valence electrons. The summed E-state index contributed by atoms with van der Waals surface area (Å²) in [5, 5.41) is 16.1. The maximum absolute atomic E-state index is 5.10. The van der Waals surface area contributed by atoms with E-state index in [1.54, 1.807) is 28.9 Å². The van der Waals surface area contributed by atoms with E-state index in [1.807, 2.05) is 268 Å². The molecule has 0 spiro atoms. The average Bonchev–Trinajstić information content (AvgIpc) is 1.64. The summed E-state index contributed by atoms with van der Waals surface area (Å²) in [4.78, 5) is 22.7. The Balaban J connectivity index is -0.000000592. The lowest BCUT2D eigenvalue weighted by Crippen LogP contribution is -2.09. The van der Waals surface area contributed by atoms with E-state index >= 15 is 0 Å². The third-order valence-electron chi connectivity index (χ3n) is 15.9. The summed E-state index contributed by atoms with van der Waals surface area (Å²) in [6.45, 7) is 63.9. The normalized spacial score (nSPS) is 8.91. The molecule has 8 aromatic heterocycles. The van der Waals surface area contributed by atoms with Crippen molar-refractivity contribution in [1.29, 1.82) is 0 Å². The molecule has 7 aromatic carbocycles. The van der Waals surface area contributed by atoms with Crippen LogP contribution < -0.4 is 9.80 Å². The van der Waals surface area contributed by atoms with Crippen molar-refractivity contribution in [1.82, 2.24) is 43.8 Å². The Bertz CT molecular complexity index is 4340. The first-order valence-electron chi connectivity index (χ1n) is 41.3. The lowest BCUT2D eigenvalue weighted by atomic mass is 10.1. The Morgan fingerprint density at radius 2 is 0.800 bits per heavy atom. The minimum Gasteiger partial charge on any atom is -0.470 e. The van der Waals surface area contributed by atoms with E-state index in [2.05, 4.69) is 272 Å². The van der Waals surface area contributed by atoms with Crippen molar-refractivity contribution < 1.29 is 8.83 Å². The summed E-state index contributed by atoms with van der Waals surface area (Å²) in [5.41, 5.74) is 13.2. The molecule has 15 rings (SSSR count). The number of aryl methyl sites for hydroxylation is 14. The van der Waals surface area contributed by atoms with Gasteiger partial charge in [-0.2, -0.15) is 0 Å². The molecule has 15 aromatic rings. The molecule has 0 amide bonds. The number of hydrogen-bond acceptors (Lipinski definition) is 11. The van der Waals surface area contributed by atoms with Gasteiger partial charge in [0.25, 0.3) is 0 Å². The van der Waals surface area contributed by atoms with E-state index in [4.69, 9.17) is 8.83 Å². The molecule has 115 heavy (non-hydrogen) atoms. The second kappa shape index (κ2) is 69.2. The van der Waals surface area contributed by atoms with E-state index < -0.39 is 0 Å². The van der Waals surface area contributed by atoms with E-state index in [9.17, 15) is 0 Å². The average molecular weight is 1600 g/mol. The number of thiophene rings is 1. The van der Waals surface area contributed by atoms with Crippen LogP contribution in [0.2, 0.25) is 0 Å². The quantitative estimate of drug-likeness (QED) is 0.183. The highest BCUT2D eigenvalue weighted by Crippen LogP contribution is 2.31. The maximum atomic E-state index is 5.10. The van der Waals surface area contributed by atoms with Crippen LogP contribution in [0.15, 0.2) is 245 Å². The number of imidazole rings is 1. The molecule has 0 atom stereocenters. The number of nitrogens with one attached hydrogen (secondary N) is 1. The molecule has 0 bridgehead atoms. The molecule has 0 aliphatic carbocycles. The van der Waals surface area contributed by atoms with Crippen LogP contribution in [0, 0.1) is 96.9 Å². The number of oxazole rings is 1. The molecular weight excluding hydrogens is 1450 g/mol. The van der Waals surface area contributed by atoms with Crippen molar-refractivity contribution in [3.05, 3.63) is 314 Å². The SMILES string of the molecule is CC.CC.CC.CC.CC.CC.CC.CC.CC.CN(c1ccccc1)c1cccc2ccccc12.CN(c1ccccc1)c1ccccc1.Cc1ccc[nH]1.Cc1ccco1.Cc1cccs1.Cc1nc(C)c(C)o1.Cc1nc(C)c(C)s1.Cc1nc(C)n(C)c1C.Cc1nnc(C)n1C.Cn1c2ccccc2c2ccccc21. The number of H-pyrrole nitrogens is 1. The fourth-order valence-electron chi connectivity index (χ4n) is 9.67. The van der Waals surface area contributed by atoms with Gasteiger partial charge in [0, 0.05) is 119 Å². The number of anilines is 4. The lowest BCUT2D eigenvalue weighted by Gasteiger charge is -2.21. The van der Waals surface area contributed by atoms with Crippen molar-refractivity contribution in [2.45, 2.75) is 222 Å². The Morgan fingerprint density at radius 3 is 1.06 bits per heavy atom. The van der Waals surface area contributed by atoms with Crippen molar-refractivity contribution in [2.24, 2.45) is 21.1 Å². The molecule has 0 unspecified atom stereocenters. The molecule has 0 aliphatic rings. The number of aromatic nitrogens is 9. The molecule has 0 radical (unpaired) electrons. The topological polar surface area (TPSA) is 128 Å². The molecule has 1 N–H and O–H groups in total. The minimum absolute atomic E-state index is 0.750. The number of fused-ring (bicyclic) bond motifs is 4. The summed E-state index contributed by atoms with van der Waals surface area (Å²) < 4.78 is 16.2. The fourth-order valence-corrected chi connectivity index (χ4v) is 11.0. The minimum atomic E-state index is 0.750. The number of benzene rings is 7. The number of para-hydroxylation sites is 5. The third kappa shape index (κ3) is 42.6. The number of hydrogen-bond donors (Lipinski definition) is 1. The van der Waals surface area contributed by atoms with Crippen LogP contribution in [0.3, 0.4) is 0 Å². The zero-order valence-corrected chi connectivity index (χ0v) is 79.8. The second-order valence-electron chi connectivity index (χ2n) is 23.0. The molecule has 13 nitrogen and oxygen atoms in total. The van der Waals surface area contributed by atoms with Gasteiger partial charge < -0.3 is 37.3 Å². The van der Waals surface area contributed by atoms with Crippen LogP contribution >= 0.6 is 22.7 Å². The Hall–Kier alpha value is -10.4.